The van der Waals surface area contributed by atoms with Crippen LogP contribution < -0.4 is 0 Å². The van der Waals surface area contributed by atoms with Gasteiger partial charge in [-0.2, -0.15) is 9.90 Å². The first kappa shape index (κ1) is 16.6. The molecule has 4 rings (SSSR count). The van der Waals surface area contributed by atoms with Crippen molar-refractivity contribution in [2.45, 2.75) is 39.0 Å². The van der Waals surface area contributed by atoms with E-state index in [-0.39, 0.29) is 5.91 Å². The third-order valence-electron chi connectivity index (χ3n) is 5.60. The maximum absolute atomic E-state index is 13.0. The van der Waals surface area contributed by atoms with Crippen LogP contribution >= 0.6 is 11.6 Å². The Morgan fingerprint density at radius 3 is 2.76 bits per heavy atom. The van der Waals surface area contributed by atoms with E-state index in [1.165, 1.54) is 30.5 Å². The van der Waals surface area contributed by atoms with Gasteiger partial charge in [0.1, 0.15) is 0 Å². The number of hydrogen-bond acceptors (Lipinski definition) is 3. The predicted octanol–water partition coefficient (Wildman–Crippen LogP) is 3.88. The first-order valence-corrected chi connectivity index (χ1v) is 9.49. The number of fused-ring (bicyclic) bond motifs is 1. The van der Waals surface area contributed by atoms with Gasteiger partial charge < -0.3 is 4.90 Å². The number of aromatic nitrogens is 3. The number of aryl methyl sites for hydroxylation is 1. The number of rotatable bonds is 2. The lowest BCUT2D eigenvalue weighted by Crippen LogP contribution is -2.45. The van der Waals surface area contributed by atoms with E-state index in [0.29, 0.717) is 22.3 Å². The highest BCUT2D eigenvalue weighted by Gasteiger charge is 2.34. The van der Waals surface area contributed by atoms with E-state index >= 15 is 0 Å². The molecule has 1 aromatic heterocycles. The maximum Gasteiger partial charge on any atom is 0.276 e. The topological polar surface area (TPSA) is 51.0 Å². The summed E-state index contributed by atoms with van der Waals surface area (Å²) in [6.45, 7) is 3.55. The van der Waals surface area contributed by atoms with Gasteiger partial charge in [-0.25, -0.2) is 0 Å². The van der Waals surface area contributed by atoms with Gasteiger partial charge in [-0.05, 0) is 49.8 Å². The zero-order valence-corrected chi connectivity index (χ0v) is 15.2. The second-order valence-corrected chi connectivity index (χ2v) is 7.68. The molecular formula is C19H23ClN4O. The summed E-state index contributed by atoms with van der Waals surface area (Å²) in [5.74, 6) is 1.48. The van der Waals surface area contributed by atoms with Gasteiger partial charge >= 0.3 is 0 Å². The number of benzene rings is 1. The number of carbonyl (C=O) groups excluding carboxylic acids is 1. The second kappa shape index (κ2) is 6.79. The summed E-state index contributed by atoms with van der Waals surface area (Å²) in [7, 11) is 0. The van der Waals surface area contributed by atoms with Crippen molar-refractivity contribution in [3.63, 3.8) is 0 Å². The summed E-state index contributed by atoms with van der Waals surface area (Å²) in [5, 5.41) is 9.50. The average molecular weight is 359 g/mol. The van der Waals surface area contributed by atoms with Gasteiger partial charge in [0.25, 0.3) is 5.91 Å². The number of hydrogen-bond donors (Lipinski definition) is 0. The zero-order valence-electron chi connectivity index (χ0n) is 14.5. The minimum absolute atomic E-state index is 0.00908. The fourth-order valence-corrected chi connectivity index (χ4v) is 4.41. The number of likely N-dealkylation sites (tertiary alicyclic amines) is 1. The molecule has 132 valence electrons. The van der Waals surface area contributed by atoms with E-state index in [9.17, 15) is 4.79 Å². The number of amides is 1. The van der Waals surface area contributed by atoms with Crippen LogP contribution in [0.25, 0.3) is 5.69 Å². The molecule has 0 unspecified atom stereocenters. The lowest BCUT2D eigenvalue weighted by molar-refractivity contribution is 0.0514. The van der Waals surface area contributed by atoms with Crippen molar-refractivity contribution < 1.29 is 4.79 Å². The van der Waals surface area contributed by atoms with E-state index in [0.717, 1.165) is 31.1 Å². The molecule has 1 aliphatic heterocycles. The van der Waals surface area contributed by atoms with Crippen LogP contribution in [-0.4, -0.2) is 38.9 Å². The molecular weight excluding hydrogens is 336 g/mol. The summed E-state index contributed by atoms with van der Waals surface area (Å²) < 4.78 is 0. The van der Waals surface area contributed by atoms with Crippen molar-refractivity contribution in [3.8, 4) is 5.69 Å². The second-order valence-electron chi connectivity index (χ2n) is 7.25. The summed E-state index contributed by atoms with van der Waals surface area (Å²) in [6.07, 6.45) is 6.35. The highest BCUT2D eigenvalue weighted by atomic mass is 35.5. The number of carbonyl (C=O) groups is 1. The first-order valence-electron chi connectivity index (χ1n) is 9.11. The van der Waals surface area contributed by atoms with Gasteiger partial charge in [0.05, 0.1) is 11.4 Å². The maximum atomic E-state index is 13.0. The Bertz CT molecular complexity index is 787. The van der Waals surface area contributed by atoms with Crippen LogP contribution in [0.2, 0.25) is 5.02 Å². The third kappa shape index (κ3) is 3.30. The lowest BCUT2D eigenvalue weighted by Gasteiger charge is -2.41. The minimum atomic E-state index is 0.00908. The molecule has 0 bridgehead atoms. The fraction of sp³-hybridized carbons (Fsp3) is 0.526. The standard InChI is InChI=1S/C19H23ClN4O/c1-13-18(22-24(21-13)17-8-4-7-16(20)11-17)19(25)23-10-9-14-5-2-3-6-15(14)12-23/h4,7-8,11,14-15H,2-3,5-6,9-10,12H2,1H3/t14-,15+/m1/s1. The minimum Gasteiger partial charge on any atom is -0.337 e. The molecule has 2 atom stereocenters. The molecule has 0 N–H and O–H groups in total. The Morgan fingerprint density at radius 1 is 1.16 bits per heavy atom. The van der Waals surface area contributed by atoms with E-state index in [1.54, 1.807) is 6.07 Å². The normalized spacial score (nSPS) is 23.4. The molecule has 2 fully saturated rings. The van der Waals surface area contributed by atoms with E-state index in [4.69, 9.17) is 11.6 Å². The summed E-state index contributed by atoms with van der Waals surface area (Å²) in [4.78, 5) is 16.5. The SMILES string of the molecule is Cc1nn(-c2cccc(Cl)c2)nc1C(=O)N1CC[C@H]2CCCC[C@H]2C1. The van der Waals surface area contributed by atoms with Crippen LogP contribution in [0.4, 0.5) is 0 Å². The van der Waals surface area contributed by atoms with E-state index in [2.05, 4.69) is 10.2 Å². The molecule has 2 heterocycles. The largest absolute Gasteiger partial charge is 0.337 e. The zero-order chi connectivity index (χ0) is 17.4. The van der Waals surface area contributed by atoms with Crippen LogP contribution in [0.15, 0.2) is 24.3 Å². The van der Waals surface area contributed by atoms with Gasteiger partial charge in [0.15, 0.2) is 5.69 Å². The Labute approximate surface area is 153 Å². The molecule has 1 amide bonds. The molecule has 25 heavy (non-hydrogen) atoms. The van der Waals surface area contributed by atoms with Crippen molar-refractivity contribution in [1.82, 2.24) is 19.9 Å². The molecule has 0 radical (unpaired) electrons. The predicted molar refractivity (Wildman–Crippen MR) is 97.1 cm³/mol. The summed E-state index contributed by atoms with van der Waals surface area (Å²) in [6, 6.07) is 7.34. The highest BCUT2D eigenvalue weighted by molar-refractivity contribution is 6.30. The van der Waals surface area contributed by atoms with Gasteiger partial charge in [0.2, 0.25) is 0 Å². The molecule has 1 saturated heterocycles. The molecule has 1 saturated carbocycles. The number of halogens is 1. The number of piperidine rings is 1. The smallest absolute Gasteiger partial charge is 0.276 e. The fourth-order valence-electron chi connectivity index (χ4n) is 4.23. The van der Waals surface area contributed by atoms with Crippen LogP contribution in [0.5, 0.6) is 0 Å². The molecule has 0 spiro atoms. The van der Waals surface area contributed by atoms with Crippen molar-refractivity contribution in [2.75, 3.05) is 13.1 Å². The van der Waals surface area contributed by atoms with Crippen molar-refractivity contribution in [3.05, 3.63) is 40.7 Å². The van der Waals surface area contributed by atoms with Crippen molar-refractivity contribution in [2.24, 2.45) is 11.8 Å². The molecule has 1 aliphatic carbocycles. The van der Waals surface area contributed by atoms with Crippen molar-refractivity contribution >= 4 is 17.5 Å². The first-order chi connectivity index (χ1) is 12.1. The molecule has 6 heteroatoms. The van der Waals surface area contributed by atoms with Crippen LogP contribution in [-0.2, 0) is 0 Å². The van der Waals surface area contributed by atoms with Gasteiger partial charge in [-0.1, -0.05) is 36.9 Å². The Kier molecular flexibility index (Phi) is 4.50. The van der Waals surface area contributed by atoms with Crippen LogP contribution in [0.1, 0.15) is 48.3 Å². The third-order valence-corrected chi connectivity index (χ3v) is 5.84. The molecule has 5 nitrogen and oxygen atoms in total. The van der Waals surface area contributed by atoms with E-state index in [1.807, 2.05) is 30.0 Å². The lowest BCUT2D eigenvalue weighted by atomic mass is 9.75. The van der Waals surface area contributed by atoms with Crippen LogP contribution in [0.3, 0.4) is 0 Å². The summed E-state index contributed by atoms with van der Waals surface area (Å²) >= 11 is 6.05. The Balaban J connectivity index is 1.54. The van der Waals surface area contributed by atoms with E-state index < -0.39 is 0 Å². The monoisotopic (exact) mass is 358 g/mol. The quantitative estimate of drug-likeness (QED) is 0.818. The van der Waals surface area contributed by atoms with Crippen molar-refractivity contribution in [1.29, 1.82) is 0 Å². The Hall–Kier alpha value is -1.88. The van der Waals surface area contributed by atoms with Crippen LogP contribution in [0, 0.1) is 18.8 Å². The highest BCUT2D eigenvalue weighted by Crippen LogP contribution is 2.36. The average Bonchev–Trinajstić information content (AvgIpc) is 3.02. The Morgan fingerprint density at radius 2 is 1.96 bits per heavy atom. The van der Waals surface area contributed by atoms with Gasteiger partial charge in [-0.15, -0.1) is 5.10 Å². The molecule has 2 aliphatic rings. The van der Waals surface area contributed by atoms with Gasteiger partial charge in [-0.3, -0.25) is 4.79 Å². The molecule has 2 aromatic rings. The van der Waals surface area contributed by atoms with Gasteiger partial charge in [0, 0.05) is 18.1 Å². The number of nitrogens with zero attached hydrogens (tertiary/aromatic N) is 4. The summed E-state index contributed by atoms with van der Waals surface area (Å²) in [5.41, 5.74) is 1.88. The molecule has 1 aromatic carbocycles.